The molecule has 0 saturated heterocycles. The van der Waals surface area contributed by atoms with Crippen LogP contribution in [0.5, 0.6) is 6.01 Å². The monoisotopic (exact) mass is 633 g/mol. The second-order valence-electron chi connectivity index (χ2n) is 13.7. The molecule has 3 rings (SSSR count). The molecule has 0 bridgehead atoms. The van der Waals surface area contributed by atoms with Crippen LogP contribution in [0.2, 0.25) is 0 Å². The van der Waals surface area contributed by atoms with Gasteiger partial charge in [-0.05, 0) is 54.4 Å². The van der Waals surface area contributed by atoms with Crippen molar-refractivity contribution < 1.29 is 4.74 Å². The molecule has 1 aromatic heterocycles. The van der Waals surface area contributed by atoms with Crippen molar-refractivity contribution in [2.75, 3.05) is 18.6 Å². The molecule has 1 heterocycles. The van der Waals surface area contributed by atoms with Crippen molar-refractivity contribution in [1.82, 2.24) is 14.9 Å². The molecule has 256 valence electrons. The fourth-order valence-electron chi connectivity index (χ4n) is 6.27. The van der Waals surface area contributed by atoms with Gasteiger partial charge in [-0.25, -0.2) is 0 Å². The van der Waals surface area contributed by atoms with Gasteiger partial charge in [0.05, 0.1) is 6.61 Å². The van der Waals surface area contributed by atoms with Crippen LogP contribution in [0.25, 0.3) is 10.8 Å². The number of nitrogens with zero attached hydrogens (tertiary/aromatic N) is 3. The Morgan fingerprint density at radius 2 is 1.33 bits per heavy atom. The minimum atomic E-state index is -0.115. The van der Waals surface area contributed by atoms with Gasteiger partial charge in [0.1, 0.15) is 5.69 Å². The maximum Gasteiger partial charge on any atom is 0.338 e. The van der Waals surface area contributed by atoms with Gasteiger partial charge < -0.3 is 10.2 Å². The van der Waals surface area contributed by atoms with Crippen molar-refractivity contribution in [3.63, 3.8) is 0 Å². The minimum absolute atomic E-state index is 0.115. The van der Waals surface area contributed by atoms with Crippen LogP contribution in [0.4, 0.5) is 0 Å². The van der Waals surface area contributed by atoms with E-state index in [2.05, 4.69) is 78.9 Å². The summed E-state index contributed by atoms with van der Waals surface area (Å²) in [7, 11) is 0. The molecule has 0 saturated carbocycles. The zero-order valence-electron chi connectivity index (χ0n) is 29.5. The van der Waals surface area contributed by atoms with Gasteiger partial charge in [0.15, 0.2) is 0 Å². The molecule has 1 N–H and O–H groups in total. The highest BCUT2D eigenvalue weighted by atomic mass is 16.5. The first-order valence-corrected chi connectivity index (χ1v) is 18.9. The lowest BCUT2D eigenvalue weighted by atomic mass is 10.0. The Bertz CT molecular complexity index is 1270. The van der Waals surface area contributed by atoms with Gasteiger partial charge in [-0.1, -0.05) is 171 Å². The Kier molecular flexibility index (Phi) is 19.1. The largest absolute Gasteiger partial charge is 0.462 e. The summed E-state index contributed by atoms with van der Waals surface area (Å²) in [4.78, 5) is 13.5. The number of hydrogen-bond acceptors (Lipinski definition) is 5. The lowest BCUT2D eigenvalue weighted by Crippen LogP contribution is -2.35. The Morgan fingerprint density at radius 1 is 0.696 bits per heavy atom. The number of rotatable bonds is 27. The van der Waals surface area contributed by atoms with Crippen LogP contribution in [-0.4, -0.2) is 28.0 Å². The molecule has 0 amide bonds. The lowest BCUT2D eigenvalue weighted by molar-refractivity contribution is 0.267. The summed E-state index contributed by atoms with van der Waals surface area (Å²) in [6.45, 7) is 8.01. The second-order valence-corrected chi connectivity index (χ2v) is 13.7. The number of hydrogen-bond donors (Lipinski definition) is 1. The van der Waals surface area contributed by atoms with E-state index in [1.165, 1.54) is 111 Å². The van der Waals surface area contributed by atoms with Gasteiger partial charge in [0.25, 0.3) is 5.56 Å². The molecule has 0 aliphatic carbocycles. The minimum Gasteiger partial charge on any atom is -0.462 e. The molecule has 6 heteroatoms. The van der Waals surface area contributed by atoms with E-state index in [1.54, 1.807) is 0 Å². The van der Waals surface area contributed by atoms with Crippen molar-refractivity contribution in [3.05, 3.63) is 64.1 Å². The van der Waals surface area contributed by atoms with Gasteiger partial charge in [0, 0.05) is 6.54 Å². The highest BCUT2D eigenvalue weighted by Gasteiger charge is 2.14. The second kappa shape index (κ2) is 23.4. The zero-order chi connectivity index (χ0) is 32.7. The average Bonchev–Trinajstić information content (AvgIpc) is 3.06. The van der Waals surface area contributed by atoms with E-state index >= 15 is 0 Å². The summed E-state index contributed by atoms with van der Waals surface area (Å²) in [6, 6.07) is 15.2. The van der Waals surface area contributed by atoms with Gasteiger partial charge in [0.2, 0.25) is 0 Å². The van der Waals surface area contributed by atoms with Crippen LogP contribution < -0.4 is 15.7 Å². The first-order chi connectivity index (χ1) is 22.6. The quantitative estimate of drug-likeness (QED) is 0.0847. The average molecular weight is 633 g/mol. The van der Waals surface area contributed by atoms with Crippen molar-refractivity contribution in [2.24, 2.45) is 5.92 Å². The van der Waals surface area contributed by atoms with Crippen LogP contribution in [0.3, 0.4) is 0 Å². The number of aryl methyl sites for hydroxylation is 2. The number of benzene rings is 2. The van der Waals surface area contributed by atoms with Crippen LogP contribution in [0.15, 0.2) is 47.3 Å². The van der Waals surface area contributed by atoms with Crippen molar-refractivity contribution in [2.45, 2.75) is 156 Å². The predicted octanol–water partition coefficient (Wildman–Crippen LogP) is 10.6. The van der Waals surface area contributed by atoms with Crippen LogP contribution >= 0.6 is 0 Å². The summed E-state index contributed by atoms with van der Waals surface area (Å²) < 4.78 is 7.59. The number of aromatic nitrogens is 3. The summed E-state index contributed by atoms with van der Waals surface area (Å²) in [5.41, 5.74) is 5.06. The van der Waals surface area contributed by atoms with Gasteiger partial charge in [-0.3, -0.25) is 4.79 Å². The maximum absolute atomic E-state index is 13.5. The molecule has 0 fully saturated rings. The molecule has 3 aromatic rings. The number of fused-ring (bicyclic) bond motifs is 1. The van der Waals surface area contributed by atoms with Crippen LogP contribution in [0, 0.1) is 5.92 Å². The number of unbranched alkanes of at least 4 members (excludes halogenated alkanes) is 15. The normalized spacial score (nSPS) is 11.5. The lowest BCUT2D eigenvalue weighted by Gasteiger charge is -2.15. The molecule has 0 aliphatic heterocycles. The topological polar surface area (TPSA) is 69.0 Å². The molecule has 0 spiro atoms. The van der Waals surface area contributed by atoms with E-state index in [-0.39, 0.29) is 11.6 Å². The Morgan fingerprint density at radius 3 is 2.02 bits per heavy atom. The standard InChI is InChI=1S/C40H64N4O2/c1-4-5-6-7-8-9-10-11-12-13-14-15-16-19-31-38-39(45)44(41-32-22-17-18-25-34(2)3)40(43-42-38)46-33-24-29-36-28-23-27-35-26-20-21-30-37(35)36/h20-21,23,26-28,30,34,41H,4-19,22,24-25,29,31-33H2,1-3H3. The van der Waals surface area contributed by atoms with E-state index in [0.717, 1.165) is 44.4 Å². The summed E-state index contributed by atoms with van der Waals surface area (Å²) >= 11 is 0. The number of ether oxygens (including phenoxy) is 1. The highest BCUT2D eigenvalue weighted by Crippen LogP contribution is 2.20. The fourth-order valence-corrected chi connectivity index (χ4v) is 6.27. The van der Waals surface area contributed by atoms with E-state index < -0.39 is 0 Å². The highest BCUT2D eigenvalue weighted by molar-refractivity contribution is 5.85. The Hall–Kier alpha value is -2.89. The smallest absolute Gasteiger partial charge is 0.338 e. The summed E-state index contributed by atoms with van der Waals surface area (Å²) in [5, 5.41) is 11.3. The molecule has 0 radical (unpaired) electrons. The van der Waals surface area contributed by atoms with Gasteiger partial charge >= 0.3 is 6.01 Å². The Labute approximate surface area is 280 Å². The first kappa shape index (κ1) is 37.6. The van der Waals surface area contributed by atoms with E-state index in [1.807, 2.05) is 0 Å². The molecule has 0 unspecified atom stereocenters. The third-order valence-electron chi connectivity index (χ3n) is 9.09. The van der Waals surface area contributed by atoms with E-state index in [9.17, 15) is 4.79 Å². The Balaban J connectivity index is 1.42. The van der Waals surface area contributed by atoms with Gasteiger partial charge in [-0.2, -0.15) is 4.68 Å². The molecule has 0 atom stereocenters. The molecule has 46 heavy (non-hydrogen) atoms. The van der Waals surface area contributed by atoms with E-state index in [0.29, 0.717) is 25.3 Å². The third-order valence-corrected chi connectivity index (χ3v) is 9.09. The third kappa shape index (κ3) is 14.7. The molecular formula is C40H64N4O2. The predicted molar refractivity (Wildman–Crippen MR) is 196 cm³/mol. The van der Waals surface area contributed by atoms with E-state index in [4.69, 9.17) is 4.74 Å². The van der Waals surface area contributed by atoms with Crippen molar-refractivity contribution in [1.29, 1.82) is 0 Å². The number of nitrogens with one attached hydrogen (secondary N) is 1. The SMILES string of the molecule is CCCCCCCCCCCCCCCCc1nnc(OCCCc2cccc3ccccc23)n(NCCCCCC(C)C)c1=O. The molecular weight excluding hydrogens is 568 g/mol. The zero-order valence-corrected chi connectivity index (χ0v) is 29.5. The molecule has 2 aromatic carbocycles. The summed E-state index contributed by atoms with van der Waals surface area (Å²) in [5.74, 6) is 0.728. The van der Waals surface area contributed by atoms with Crippen molar-refractivity contribution in [3.8, 4) is 6.01 Å². The van der Waals surface area contributed by atoms with Gasteiger partial charge in [-0.15, -0.1) is 5.10 Å². The molecule has 0 aliphatic rings. The first-order valence-electron chi connectivity index (χ1n) is 18.9. The maximum atomic E-state index is 13.5. The summed E-state index contributed by atoms with van der Waals surface area (Å²) in [6.07, 6.45) is 25.5. The van der Waals surface area contributed by atoms with Crippen LogP contribution in [0.1, 0.15) is 154 Å². The van der Waals surface area contributed by atoms with Crippen molar-refractivity contribution >= 4 is 10.8 Å². The fraction of sp³-hybridized carbons (Fsp3) is 0.675. The molecule has 6 nitrogen and oxygen atoms in total. The van der Waals surface area contributed by atoms with Crippen LogP contribution in [-0.2, 0) is 12.8 Å².